The Kier molecular flexibility index (Phi) is 5.74. The molecule has 19 heavy (non-hydrogen) atoms. The maximum absolute atomic E-state index is 12.3. The molecule has 0 fully saturated rings. The van der Waals surface area contributed by atoms with Gasteiger partial charge in [0.1, 0.15) is 0 Å². The van der Waals surface area contributed by atoms with Crippen molar-refractivity contribution in [2.24, 2.45) is 5.41 Å². The van der Waals surface area contributed by atoms with E-state index in [0.29, 0.717) is 6.42 Å². The molecule has 0 atom stereocenters. The zero-order chi connectivity index (χ0) is 14.3. The average Bonchev–Trinajstić information content (AvgIpc) is 2.38. The summed E-state index contributed by atoms with van der Waals surface area (Å²) >= 11 is 0. The van der Waals surface area contributed by atoms with Crippen LogP contribution in [0.15, 0.2) is 30.3 Å². The molecule has 0 saturated heterocycles. The number of aliphatic carboxylic acids is 1. The molecule has 1 N–H and O–H groups in total. The van der Waals surface area contributed by atoms with Gasteiger partial charge in [-0.15, -0.1) is 0 Å². The fourth-order valence-corrected chi connectivity index (χ4v) is 2.11. The monoisotopic (exact) mass is 262 g/mol. The van der Waals surface area contributed by atoms with Gasteiger partial charge in [0.2, 0.25) is 0 Å². The van der Waals surface area contributed by atoms with Gasteiger partial charge in [0.25, 0.3) is 0 Å². The molecule has 1 rings (SSSR count). The number of hydrogen-bond donors (Lipinski definition) is 1. The average molecular weight is 262 g/mol. The van der Waals surface area contributed by atoms with Gasteiger partial charge < -0.3 is 5.11 Å². The van der Waals surface area contributed by atoms with Crippen molar-refractivity contribution >= 4 is 11.8 Å². The molecule has 0 aliphatic heterocycles. The lowest BCUT2D eigenvalue weighted by atomic mass is 9.80. The number of Topliss-reactive ketones (excluding diaryl/α,β-unsaturated/α-hetero) is 1. The van der Waals surface area contributed by atoms with E-state index in [4.69, 9.17) is 5.11 Å². The number of carbonyl (C=O) groups is 2. The topological polar surface area (TPSA) is 54.4 Å². The Bertz CT molecular complexity index is 421. The molecule has 0 saturated carbocycles. The summed E-state index contributed by atoms with van der Waals surface area (Å²) in [5, 5.41) is 8.56. The lowest BCUT2D eigenvalue weighted by molar-refractivity contribution is -0.137. The van der Waals surface area contributed by atoms with E-state index >= 15 is 0 Å². The molecule has 0 bridgehead atoms. The van der Waals surface area contributed by atoms with Gasteiger partial charge in [-0.3, -0.25) is 9.59 Å². The first-order valence-corrected chi connectivity index (χ1v) is 6.75. The highest BCUT2D eigenvalue weighted by Gasteiger charge is 2.27. The Morgan fingerprint density at radius 3 is 2.26 bits per heavy atom. The number of ketones is 1. The molecular formula is C16H22O3. The van der Waals surface area contributed by atoms with Crippen molar-refractivity contribution in [2.75, 3.05) is 0 Å². The third-order valence-electron chi connectivity index (χ3n) is 3.34. The van der Waals surface area contributed by atoms with Gasteiger partial charge in [0, 0.05) is 17.4 Å². The quantitative estimate of drug-likeness (QED) is 0.570. The molecular weight excluding hydrogens is 240 g/mol. The summed E-state index contributed by atoms with van der Waals surface area (Å²) in [5.74, 6) is -0.592. The van der Waals surface area contributed by atoms with Crippen LogP contribution in [-0.2, 0) is 4.79 Å². The molecule has 0 aromatic heterocycles. The molecule has 1 aromatic carbocycles. The smallest absolute Gasteiger partial charge is 0.303 e. The lowest BCUT2D eigenvalue weighted by Gasteiger charge is -2.23. The van der Waals surface area contributed by atoms with Crippen LogP contribution >= 0.6 is 0 Å². The molecule has 0 radical (unpaired) electrons. The summed E-state index contributed by atoms with van der Waals surface area (Å²) in [7, 11) is 0. The van der Waals surface area contributed by atoms with Crippen molar-refractivity contribution in [3.8, 4) is 0 Å². The minimum Gasteiger partial charge on any atom is -0.481 e. The Morgan fingerprint density at radius 2 is 1.68 bits per heavy atom. The molecule has 0 unspecified atom stereocenters. The van der Waals surface area contributed by atoms with Crippen LogP contribution < -0.4 is 0 Å². The second-order valence-electron chi connectivity index (χ2n) is 5.53. The number of carboxylic acid groups (broad SMARTS) is 1. The predicted octanol–water partition coefficient (Wildman–Crippen LogP) is 3.93. The van der Waals surface area contributed by atoms with Crippen molar-refractivity contribution in [2.45, 2.75) is 46.0 Å². The van der Waals surface area contributed by atoms with Crippen LogP contribution in [0, 0.1) is 5.41 Å². The Hall–Kier alpha value is -1.64. The van der Waals surface area contributed by atoms with E-state index < -0.39 is 5.97 Å². The highest BCUT2D eigenvalue weighted by atomic mass is 16.4. The van der Waals surface area contributed by atoms with Crippen LogP contribution in [0.25, 0.3) is 0 Å². The molecule has 0 heterocycles. The minimum absolute atomic E-state index is 0.159. The van der Waals surface area contributed by atoms with Crippen LogP contribution in [0.3, 0.4) is 0 Å². The van der Waals surface area contributed by atoms with E-state index in [2.05, 4.69) is 0 Å². The zero-order valence-corrected chi connectivity index (χ0v) is 11.7. The number of carboxylic acids is 1. The third-order valence-corrected chi connectivity index (χ3v) is 3.34. The Morgan fingerprint density at radius 1 is 1.05 bits per heavy atom. The highest BCUT2D eigenvalue weighted by Crippen LogP contribution is 2.28. The summed E-state index contributed by atoms with van der Waals surface area (Å²) in [4.78, 5) is 22.7. The third kappa shape index (κ3) is 5.25. The number of rotatable bonds is 8. The van der Waals surface area contributed by atoms with Crippen LogP contribution in [0.5, 0.6) is 0 Å². The van der Waals surface area contributed by atoms with E-state index in [1.54, 1.807) is 0 Å². The Labute approximate surface area is 114 Å². The molecule has 104 valence electrons. The predicted molar refractivity (Wildman–Crippen MR) is 75.3 cm³/mol. The largest absolute Gasteiger partial charge is 0.481 e. The number of unbranched alkanes of at least 4 members (excludes halogenated alkanes) is 2. The van der Waals surface area contributed by atoms with Gasteiger partial charge in [-0.05, 0) is 12.8 Å². The summed E-state index contributed by atoms with van der Waals surface area (Å²) in [6.07, 6.45) is 3.44. The molecule has 0 aliphatic rings. The number of hydrogen-bond acceptors (Lipinski definition) is 2. The van der Waals surface area contributed by atoms with Crippen molar-refractivity contribution < 1.29 is 14.7 Å². The van der Waals surface area contributed by atoms with Gasteiger partial charge in [-0.2, -0.15) is 0 Å². The molecule has 3 nitrogen and oxygen atoms in total. The van der Waals surface area contributed by atoms with Gasteiger partial charge in [-0.25, -0.2) is 0 Å². The summed E-state index contributed by atoms with van der Waals surface area (Å²) in [5.41, 5.74) is 0.364. The first kappa shape index (κ1) is 15.4. The zero-order valence-electron chi connectivity index (χ0n) is 11.7. The summed E-state index contributed by atoms with van der Waals surface area (Å²) < 4.78 is 0. The molecule has 3 heteroatoms. The standard InChI is InChI=1S/C16H22O3/c1-16(2,12-8-4-7-11-14(17)18)15(19)13-9-5-3-6-10-13/h3,5-6,9-10H,4,7-8,11-12H2,1-2H3,(H,17,18). The fourth-order valence-electron chi connectivity index (χ4n) is 2.11. The molecule has 0 amide bonds. The lowest BCUT2D eigenvalue weighted by Crippen LogP contribution is -2.24. The van der Waals surface area contributed by atoms with Gasteiger partial charge >= 0.3 is 5.97 Å². The molecule has 0 aliphatic carbocycles. The van der Waals surface area contributed by atoms with Crippen LogP contribution in [0.4, 0.5) is 0 Å². The van der Waals surface area contributed by atoms with Gasteiger partial charge in [0.15, 0.2) is 5.78 Å². The SMILES string of the molecule is CC(C)(CCCCCC(=O)O)C(=O)c1ccccc1. The first-order chi connectivity index (χ1) is 8.93. The Balaban J connectivity index is 2.43. The van der Waals surface area contributed by atoms with Crippen LogP contribution in [0.1, 0.15) is 56.3 Å². The van der Waals surface area contributed by atoms with Crippen LogP contribution in [0.2, 0.25) is 0 Å². The van der Waals surface area contributed by atoms with Crippen molar-refractivity contribution in [1.29, 1.82) is 0 Å². The maximum Gasteiger partial charge on any atom is 0.303 e. The second-order valence-corrected chi connectivity index (χ2v) is 5.53. The van der Waals surface area contributed by atoms with E-state index in [-0.39, 0.29) is 17.6 Å². The van der Waals surface area contributed by atoms with Crippen molar-refractivity contribution in [3.63, 3.8) is 0 Å². The first-order valence-electron chi connectivity index (χ1n) is 6.75. The van der Waals surface area contributed by atoms with Crippen molar-refractivity contribution in [1.82, 2.24) is 0 Å². The van der Waals surface area contributed by atoms with E-state index in [1.165, 1.54) is 0 Å². The van der Waals surface area contributed by atoms with E-state index in [1.807, 2.05) is 44.2 Å². The minimum atomic E-state index is -0.750. The van der Waals surface area contributed by atoms with Crippen LogP contribution in [-0.4, -0.2) is 16.9 Å². The summed E-state index contributed by atoms with van der Waals surface area (Å²) in [6, 6.07) is 9.32. The highest BCUT2D eigenvalue weighted by molar-refractivity contribution is 5.99. The molecule has 0 spiro atoms. The fraction of sp³-hybridized carbons (Fsp3) is 0.500. The summed E-state index contributed by atoms with van der Waals surface area (Å²) in [6.45, 7) is 3.92. The van der Waals surface area contributed by atoms with Gasteiger partial charge in [0.05, 0.1) is 0 Å². The van der Waals surface area contributed by atoms with E-state index in [0.717, 1.165) is 24.8 Å². The normalized spacial score (nSPS) is 11.3. The number of benzene rings is 1. The maximum atomic E-state index is 12.3. The van der Waals surface area contributed by atoms with Gasteiger partial charge in [-0.1, -0.05) is 57.0 Å². The van der Waals surface area contributed by atoms with E-state index in [9.17, 15) is 9.59 Å². The number of carbonyl (C=O) groups excluding carboxylic acids is 1. The second kappa shape index (κ2) is 7.07. The molecule has 1 aromatic rings. The van der Waals surface area contributed by atoms with Crippen molar-refractivity contribution in [3.05, 3.63) is 35.9 Å².